The van der Waals surface area contributed by atoms with Gasteiger partial charge in [-0.3, -0.25) is 0 Å². The maximum Gasteiger partial charge on any atom is 0.192 e. The van der Waals surface area contributed by atoms with E-state index in [1.807, 2.05) is 0 Å². The highest BCUT2D eigenvalue weighted by molar-refractivity contribution is 6.75. The Morgan fingerprint density at radius 1 is 0.201 bits per heavy atom. The molecule has 42 heteroatoms. The molecule has 134 heavy (non-hydrogen) atoms. The van der Waals surface area contributed by atoms with Gasteiger partial charge in [0.25, 0.3) is 0 Å². The van der Waals surface area contributed by atoms with Crippen LogP contribution in [0.25, 0.3) is 0 Å². The molecule has 21 rings (SSSR count). The van der Waals surface area contributed by atoms with E-state index in [1.54, 1.807) is 42.7 Å². The Hall–Kier alpha value is -1.34. The van der Waals surface area contributed by atoms with Crippen LogP contribution in [0.4, 0.5) is 0 Å². The number of hydrogen-bond donors (Lipinski definition) is 0. The van der Waals surface area contributed by atoms with Crippen molar-refractivity contribution in [3.05, 3.63) is 0 Å². The molecule has 0 amide bonds. The molecule has 37 nitrogen and oxygen atoms in total. The highest BCUT2D eigenvalue weighted by atomic mass is 28.4. The Morgan fingerprint density at radius 2 is 0.328 bits per heavy atom. The van der Waals surface area contributed by atoms with Crippen molar-refractivity contribution < 1.29 is 164 Å². The number of rotatable bonds is 37. The maximum absolute atomic E-state index is 9.95. The predicted molar refractivity (Wildman–Crippen MR) is 504 cm³/mol. The van der Waals surface area contributed by atoms with E-state index in [0.717, 1.165) is 0 Å². The van der Waals surface area contributed by atoms with Gasteiger partial charge in [-0.2, -0.15) is 10.5 Å². The van der Waals surface area contributed by atoms with Gasteiger partial charge in [-0.05, 0) is 90.7 Å². The van der Waals surface area contributed by atoms with Gasteiger partial charge in [0.1, 0.15) is 171 Å². The van der Waals surface area contributed by atoms with E-state index in [4.69, 9.17) is 164 Å². The molecule has 35 atom stereocenters. The normalized spacial score (nSPS) is 38.1. The zero-order chi connectivity index (χ0) is 100. The third kappa shape index (κ3) is 27.7. The average molecular weight is 2010 g/mol. The first-order valence-electron chi connectivity index (χ1n) is 47.3. The lowest BCUT2D eigenvalue weighted by atomic mass is 9.94. The molecular weight excluding hydrogens is 1830 g/mol. The van der Waals surface area contributed by atoms with Gasteiger partial charge in [0, 0.05) is 99.5 Å². The second-order valence-corrected chi connectivity index (χ2v) is 67.7. The van der Waals surface area contributed by atoms with Crippen LogP contribution >= 0.6 is 0 Å². The summed E-state index contributed by atoms with van der Waals surface area (Å²) in [4.78, 5) is 0. The van der Waals surface area contributed by atoms with E-state index < -0.39 is 257 Å². The van der Waals surface area contributed by atoms with Crippen molar-refractivity contribution in [1.82, 2.24) is 0 Å². The van der Waals surface area contributed by atoms with Crippen LogP contribution in [0.2, 0.25) is 90.7 Å². The van der Waals surface area contributed by atoms with E-state index in [2.05, 4.69) is 181 Å². The lowest BCUT2D eigenvalue weighted by molar-refractivity contribution is -0.402. The molecule has 0 spiro atoms. The first-order chi connectivity index (χ1) is 62.7. The molecule has 0 saturated carbocycles. The fraction of sp³-hybridized carbons (Fsp3) is 0.978. The average Bonchev–Trinajstić information content (AvgIpc) is 0.774. The Morgan fingerprint density at radius 3 is 0.440 bits per heavy atom. The molecule has 0 N–H and O–H groups in total. The highest BCUT2D eigenvalue weighted by Crippen LogP contribution is 2.49. The first-order valence-corrected chi connectivity index (χ1v) is 61.9. The Bertz CT molecular complexity index is 3420. The minimum absolute atomic E-state index is 0.0214. The van der Waals surface area contributed by atoms with Gasteiger partial charge in [-0.1, -0.05) is 104 Å². The van der Waals surface area contributed by atoms with E-state index in [9.17, 15) is 10.5 Å². The number of methoxy groups -OCH3 is 14. The van der Waals surface area contributed by atoms with Crippen molar-refractivity contribution in [2.24, 2.45) is 0 Å². The van der Waals surface area contributed by atoms with E-state index >= 15 is 0 Å². The van der Waals surface area contributed by atoms with Gasteiger partial charge < -0.3 is 164 Å². The molecule has 0 aromatic heterocycles. The molecule has 0 aromatic rings. The number of hydrogen-bond acceptors (Lipinski definition) is 37. The molecule has 21 heterocycles. The second-order valence-electron chi connectivity index (χ2n) is 43.6. The van der Waals surface area contributed by atoms with Crippen LogP contribution < -0.4 is 0 Å². The van der Waals surface area contributed by atoms with Crippen LogP contribution in [-0.2, 0) is 164 Å². The lowest BCUT2D eigenvalue weighted by Gasteiger charge is -2.53. The summed E-state index contributed by atoms with van der Waals surface area (Å²) in [5.41, 5.74) is 0. The van der Waals surface area contributed by atoms with Crippen molar-refractivity contribution >= 4 is 41.6 Å². The molecular formula is C92H174N2O35Si5. The van der Waals surface area contributed by atoms with Crippen molar-refractivity contribution in [3.8, 4) is 12.1 Å². The molecule has 21 aliphatic heterocycles. The molecule has 21 aliphatic rings. The van der Waals surface area contributed by atoms with Gasteiger partial charge in [0.05, 0.1) is 84.4 Å². The molecule has 14 bridgehead atoms. The molecule has 21 fully saturated rings. The van der Waals surface area contributed by atoms with Crippen LogP contribution in [0.15, 0.2) is 0 Å². The fourth-order valence-electron chi connectivity index (χ4n) is 16.9. The van der Waals surface area contributed by atoms with Gasteiger partial charge in [0.2, 0.25) is 0 Å². The van der Waals surface area contributed by atoms with Gasteiger partial charge in [-0.15, -0.1) is 0 Å². The van der Waals surface area contributed by atoms with Crippen LogP contribution in [0, 0.1) is 22.7 Å². The second kappa shape index (κ2) is 50.2. The summed E-state index contributed by atoms with van der Waals surface area (Å²) in [6.07, 6.45) is -39.7. The largest absolute Gasteiger partial charge is 0.414 e. The van der Waals surface area contributed by atoms with E-state index in [-0.39, 0.29) is 97.5 Å². The smallest absolute Gasteiger partial charge is 0.192 e. The monoisotopic (exact) mass is 2010 g/mol. The summed E-state index contributed by atoms with van der Waals surface area (Å²) in [5, 5.41) is 18.5. The molecule has 35 unspecified atom stereocenters. The topological polar surface area (TPSA) is 371 Å². The fourth-order valence-corrected chi connectivity index (χ4v) is 21.9. The van der Waals surface area contributed by atoms with Crippen LogP contribution in [0.3, 0.4) is 0 Å². The van der Waals surface area contributed by atoms with Gasteiger partial charge in [-0.25, -0.2) is 0 Å². The Labute approximate surface area is 805 Å². The van der Waals surface area contributed by atoms with Crippen molar-refractivity contribution in [2.45, 2.75) is 422 Å². The quantitative estimate of drug-likeness (QED) is 0.0412. The summed E-state index contributed by atoms with van der Waals surface area (Å²) in [5.74, 6) is 0. The van der Waals surface area contributed by atoms with Crippen molar-refractivity contribution in [2.75, 3.05) is 159 Å². The lowest BCUT2D eigenvalue weighted by Crippen LogP contribution is -2.69. The number of nitrogens with zero attached hydrogens (tertiary/aromatic N) is 2. The standard InChI is InChI=1S/C92H174N2O35Si5/c1-88(2,3)130(30,31)111-48-55-62-69(97-18)78(106-27)85(120-55)127-64-57(50-113-132(34,35)90(7,8)9)118-83(76(104-25)71(64)99-20)123-60-53(46-109-44-40-42-93)117-82(75(103-24)67(60)95-16)126-63-56(49-112-131(32,33)89(4,5)6)121-86(79(107-28)70(63)98-19)129-66-59(52-115-134(38,39)92(13,14)15)122-87(80(108-29)73(66)101-22)128-65-58(51-114-133(36,37)91(10,11)12)119-84(77(105-26)72(65)100-21)124-61-54(47-110-45-41-43-94)116-81(125-62)74(102-23)68(61)96-17/h53-87H,40-41,44-52H2,1-39H3. The molecule has 0 aliphatic carbocycles. The summed E-state index contributed by atoms with van der Waals surface area (Å²) in [6, 6.07) is 4.39. The summed E-state index contributed by atoms with van der Waals surface area (Å²) in [7, 11) is 8.20. The Balaban J connectivity index is 1.40. The SMILES string of the molecule is COC1C2OC(COCCC#N)C(OC3OC(CO[Si](C)(C)C(C)(C)C)C(OC4OC(CO[Si](C)(C)C(C)(C)C)C(OC5OC(COCCC#N)C(OC6OC(CO[Si](C)(C)C(C)(C)C)C(OC7OC(CO[Si](C)(C)C(C)(C)C)C(OC8OC(CO[Si](C)(C)C(C)(C)C)C(O2)C(OC)C8OC)C(OC)C7OC)C(OC)C6OC)C(OC)C5OC)C(OC)C4OC)C(OC)C3OC)C1OC. The zero-order valence-corrected chi connectivity index (χ0v) is 93.2. The third-order valence-corrected chi connectivity index (χ3v) is 52.8. The van der Waals surface area contributed by atoms with E-state index in [1.165, 1.54) is 56.9 Å². The summed E-state index contributed by atoms with van der Waals surface area (Å²) < 4.78 is 246. The minimum atomic E-state index is -2.67. The van der Waals surface area contributed by atoms with Crippen molar-refractivity contribution in [3.63, 3.8) is 0 Å². The number of ether oxygens (including phenoxy) is 30. The molecule has 0 radical (unpaired) electrons. The highest BCUT2D eigenvalue weighted by Gasteiger charge is 2.64. The first kappa shape index (κ1) is 118. The summed E-state index contributed by atoms with van der Waals surface area (Å²) >= 11 is 0. The van der Waals surface area contributed by atoms with Gasteiger partial charge in [0.15, 0.2) is 85.6 Å². The Kier molecular flexibility index (Phi) is 44.1. The zero-order valence-electron chi connectivity index (χ0n) is 88.2. The third-order valence-electron chi connectivity index (χ3n) is 30.3. The maximum atomic E-state index is 9.95. The molecule has 0 aromatic carbocycles. The predicted octanol–water partition coefficient (Wildman–Crippen LogP) is 11.0. The minimum Gasteiger partial charge on any atom is -0.414 e. The van der Waals surface area contributed by atoms with Crippen LogP contribution in [0.1, 0.15) is 117 Å². The van der Waals surface area contributed by atoms with Crippen molar-refractivity contribution in [1.29, 1.82) is 10.5 Å². The molecule has 782 valence electrons. The molecule has 21 saturated heterocycles. The van der Waals surface area contributed by atoms with Crippen LogP contribution in [0.5, 0.6) is 0 Å². The number of nitriles is 2. The summed E-state index contributed by atoms with van der Waals surface area (Å²) in [6.45, 7) is 53.3. The van der Waals surface area contributed by atoms with Gasteiger partial charge >= 0.3 is 0 Å². The van der Waals surface area contributed by atoms with E-state index in [0.29, 0.717) is 0 Å². The van der Waals surface area contributed by atoms with Crippen LogP contribution in [-0.4, -0.2) is 416 Å².